The number of rotatable bonds is 9. The van der Waals surface area contributed by atoms with Crippen LogP contribution >= 0.6 is 0 Å². The van der Waals surface area contributed by atoms with E-state index in [2.05, 4.69) is 0 Å². The van der Waals surface area contributed by atoms with Crippen molar-refractivity contribution < 1.29 is 37.7 Å². The van der Waals surface area contributed by atoms with Gasteiger partial charge in [-0.3, -0.25) is 4.79 Å². The molecule has 0 atom stereocenters. The molecule has 0 saturated heterocycles. The smallest absolute Gasteiger partial charge is 0.343 e. The second-order valence-electron chi connectivity index (χ2n) is 8.23. The summed E-state index contributed by atoms with van der Waals surface area (Å²) in [6.07, 6.45) is 0.728. The van der Waals surface area contributed by atoms with Gasteiger partial charge in [0.15, 0.2) is 0 Å². The largest absolute Gasteiger partial charge is 0.497 e. The van der Waals surface area contributed by atoms with Crippen molar-refractivity contribution in [2.24, 2.45) is 0 Å². The van der Waals surface area contributed by atoms with Crippen LogP contribution in [0.1, 0.15) is 39.8 Å². The van der Waals surface area contributed by atoms with Crippen molar-refractivity contribution in [3.05, 3.63) is 87.8 Å². The van der Waals surface area contributed by atoms with Crippen LogP contribution in [0.15, 0.2) is 69.9 Å². The molecule has 0 radical (unpaired) electrons. The van der Waals surface area contributed by atoms with E-state index >= 15 is 0 Å². The fourth-order valence-corrected chi connectivity index (χ4v) is 3.60. The Balaban J connectivity index is 1.55. The molecule has 9 heteroatoms. The number of hydrogen-bond donors (Lipinski definition) is 0. The van der Waals surface area contributed by atoms with Crippen molar-refractivity contribution in [2.45, 2.75) is 20.3 Å². The second kappa shape index (κ2) is 11.5. The summed E-state index contributed by atoms with van der Waals surface area (Å²) < 4.78 is 32.6. The van der Waals surface area contributed by atoms with E-state index in [-0.39, 0.29) is 33.8 Å². The standard InChI is InChI=1S/C29H26O9/c1-5-12-35-28(31)18-6-8-20(9-7-18)37-27-17(2)36-25-16-21(10-11-24(25)26(27)30)38-29(32)19-13-22(33-3)15-23(14-19)34-4/h6-11,13-16H,5,12H2,1-4H3. The van der Waals surface area contributed by atoms with Gasteiger partial charge in [0.2, 0.25) is 11.2 Å². The first-order valence-corrected chi connectivity index (χ1v) is 11.8. The maximum absolute atomic E-state index is 13.1. The molecule has 0 aliphatic heterocycles. The number of benzene rings is 3. The van der Waals surface area contributed by atoms with E-state index < -0.39 is 17.4 Å². The number of ether oxygens (including phenoxy) is 5. The summed E-state index contributed by atoms with van der Waals surface area (Å²) >= 11 is 0. The van der Waals surface area contributed by atoms with E-state index in [1.54, 1.807) is 37.3 Å². The fourth-order valence-electron chi connectivity index (χ4n) is 3.60. The van der Waals surface area contributed by atoms with Gasteiger partial charge in [-0.1, -0.05) is 6.92 Å². The van der Waals surface area contributed by atoms with Crippen LogP contribution in [0, 0.1) is 6.92 Å². The molecule has 0 fully saturated rings. The van der Waals surface area contributed by atoms with Crippen molar-refractivity contribution in [1.82, 2.24) is 0 Å². The number of fused-ring (bicyclic) bond motifs is 1. The van der Waals surface area contributed by atoms with Gasteiger partial charge in [-0.25, -0.2) is 9.59 Å². The van der Waals surface area contributed by atoms with Crippen molar-refractivity contribution in [3.63, 3.8) is 0 Å². The maximum Gasteiger partial charge on any atom is 0.343 e. The quantitative estimate of drug-likeness (QED) is 0.204. The Morgan fingerprint density at radius 3 is 2.08 bits per heavy atom. The number of carbonyl (C=O) groups excluding carboxylic acids is 2. The van der Waals surface area contributed by atoms with E-state index in [1.807, 2.05) is 6.92 Å². The summed E-state index contributed by atoms with van der Waals surface area (Å²) in [5.41, 5.74) is 0.433. The molecule has 0 saturated carbocycles. The summed E-state index contributed by atoms with van der Waals surface area (Å²) in [7, 11) is 2.96. The minimum Gasteiger partial charge on any atom is -0.497 e. The predicted octanol–water partition coefficient (Wildman–Crippen LogP) is 5.70. The minimum absolute atomic E-state index is 0.00651. The Morgan fingerprint density at radius 1 is 0.789 bits per heavy atom. The molecule has 3 aromatic carbocycles. The first-order valence-electron chi connectivity index (χ1n) is 11.8. The molecule has 0 amide bonds. The van der Waals surface area contributed by atoms with Gasteiger partial charge in [0, 0.05) is 12.1 Å². The molecule has 0 N–H and O–H groups in total. The van der Waals surface area contributed by atoms with E-state index in [1.165, 1.54) is 44.6 Å². The number of methoxy groups -OCH3 is 2. The van der Waals surface area contributed by atoms with Crippen LogP contribution in [-0.2, 0) is 4.74 Å². The van der Waals surface area contributed by atoms with Crippen LogP contribution in [-0.4, -0.2) is 32.8 Å². The Bertz CT molecular complexity index is 1510. The Morgan fingerprint density at radius 2 is 1.45 bits per heavy atom. The Labute approximate surface area is 218 Å². The molecule has 0 aliphatic rings. The zero-order chi connectivity index (χ0) is 27.2. The Kier molecular flexibility index (Phi) is 7.96. The topological polar surface area (TPSA) is 110 Å². The van der Waals surface area contributed by atoms with E-state index in [4.69, 9.17) is 28.1 Å². The zero-order valence-corrected chi connectivity index (χ0v) is 21.4. The molecule has 0 aliphatic carbocycles. The van der Waals surface area contributed by atoms with Crippen LogP contribution in [0.5, 0.6) is 28.7 Å². The highest BCUT2D eigenvalue weighted by molar-refractivity contribution is 5.92. The maximum atomic E-state index is 13.1. The van der Waals surface area contributed by atoms with Gasteiger partial charge in [-0.2, -0.15) is 0 Å². The molecule has 1 aromatic heterocycles. The highest BCUT2D eigenvalue weighted by Gasteiger charge is 2.17. The first kappa shape index (κ1) is 26.3. The number of aryl methyl sites for hydroxylation is 1. The molecule has 9 nitrogen and oxygen atoms in total. The van der Waals surface area contributed by atoms with E-state index in [0.29, 0.717) is 29.4 Å². The number of esters is 2. The molecule has 4 rings (SSSR count). The fraction of sp³-hybridized carbons (Fsp3) is 0.207. The third kappa shape index (κ3) is 5.78. The number of carbonyl (C=O) groups is 2. The van der Waals surface area contributed by atoms with Crippen molar-refractivity contribution in [2.75, 3.05) is 20.8 Å². The van der Waals surface area contributed by atoms with Crippen LogP contribution < -0.4 is 24.4 Å². The summed E-state index contributed by atoms with van der Waals surface area (Å²) in [5.74, 6) is 0.591. The first-order chi connectivity index (χ1) is 18.3. The molecular weight excluding hydrogens is 492 g/mol. The average Bonchev–Trinajstić information content (AvgIpc) is 2.93. The third-order valence-electron chi connectivity index (χ3n) is 5.53. The van der Waals surface area contributed by atoms with E-state index in [9.17, 15) is 14.4 Å². The summed E-state index contributed by atoms with van der Waals surface area (Å²) in [5, 5.41) is 0.244. The molecule has 4 aromatic rings. The predicted molar refractivity (Wildman–Crippen MR) is 139 cm³/mol. The van der Waals surface area contributed by atoms with Crippen LogP contribution in [0.3, 0.4) is 0 Å². The van der Waals surface area contributed by atoms with Gasteiger partial charge < -0.3 is 28.1 Å². The molecule has 38 heavy (non-hydrogen) atoms. The highest BCUT2D eigenvalue weighted by atomic mass is 16.5. The van der Waals surface area contributed by atoms with Gasteiger partial charge in [0.1, 0.15) is 34.3 Å². The van der Waals surface area contributed by atoms with E-state index in [0.717, 1.165) is 6.42 Å². The van der Waals surface area contributed by atoms with Crippen molar-refractivity contribution >= 4 is 22.9 Å². The molecule has 0 spiro atoms. The van der Waals surface area contributed by atoms with Crippen molar-refractivity contribution in [3.8, 4) is 28.7 Å². The highest BCUT2D eigenvalue weighted by Crippen LogP contribution is 2.29. The van der Waals surface area contributed by atoms with Crippen LogP contribution in [0.2, 0.25) is 0 Å². The molecule has 0 bridgehead atoms. The lowest BCUT2D eigenvalue weighted by Crippen LogP contribution is -2.10. The lowest BCUT2D eigenvalue weighted by molar-refractivity contribution is 0.0504. The normalized spacial score (nSPS) is 10.6. The summed E-state index contributed by atoms with van der Waals surface area (Å²) in [6.45, 7) is 3.84. The summed E-state index contributed by atoms with van der Waals surface area (Å²) in [6, 6.07) is 15.4. The lowest BCUT2D eigenvalue weighted by Gasteiger charge is -2.11. The summed E-state index contributed by atoms with van der Waals surface area (Å²) in [4.78, 5) is 37.9. The molecule has 0 unspecified atom stereocenters. The molecule has 1 heterocycles. The van der Waals surface area contributed by atoms with Gasteiger partial charge in [-0.15, -0.1) is 0 Å². The second-order valence-corrected chi connectivity index (χ2v) is 8.23. The van der Waals surface area contributed by atoms with Crippen molar-refractivity contribution in [1.29, 1.82) is 0 Å². The molecular formula is C29H26O9. The third-order valence-corrected chi connectivity index (χ3v) is 5.53. The minimum atomic E-state index is -0.636. The Hall–Kier alpha value is -4.79. The molecule has 196 valence electrons. The van der Waals surface area contributed by atoms with Gasteiger partial charge in [-0.05, 0) is 61.9 Å². The number of hydrogen-bond acceptors (Lipinski definition) is 9. The SMILES string of the molecule is CCCOC(=O)c1ccc(Oc2c(C)oc3cc(OC(=O)c4cc(OC)cc(OC)c4)ccc3c2=O)cc1. The van der Waals surface area contributed by atoms with Gasteiger partial charge in [0.05, 0.1) is 37.3 Å². The lowest BCUT2D eigenvalue weighted by atomic mass is 10.2. The average molecular weight is 519 g/mol. The van der Waals surface area contributed by atoms with Crippen LogP contribution in [0.25, 0.3) is 11.0 Å². The monoisotopic (exact) mass is 518 g/mol. The van der Waals surface area contributed by atoms with Crippen LogP contribution in [0.4, 0.5) is 0 Å². The van der Waals surface area contributed by atoms with Gasteiger partial charge >= 0.3 is 11.9 Å². The van der Waals surface area contributed by atoms with Gasteiger partial charge in [0.25, 0.3) is 0 Å². The zero-order valence-electron chi connectivity index (χ0n) is 21.4.